The number of morpholine rings is 1. The number of anilines is 2. The Morgan fingerprint density at radius 3 is 2.66 bits per heavy atom. The minimum Gasteiger partial charge on any atom is -0.378 e. The Morgan fingerprint density at radius 2 is 1.93 bits per heavy atom. The van der Waals surface area contributed by atoms with E-state index in [2.05, 4.69) is 20.2 Å². The van der Waals surface area contributed by atoms with Crippen molar-refractivity contribution < 1.29 is 4.74 Å². The molecule has 9 heteroatoms. The van der Waals surface area contributed by atoms with Crippen molar-refractivity contribution in [1.82, 2.24) is 4.90 Å². The van der Waals surface area contributed by atoms with Crippen LogP contribution >= 0.6 is 23.2 Å². The highest BCUT2D eigenvalue weighted by atomic mass is 35.5. The summed E-state index contributed by atoms with van der Waals surface area (Å²) in [5, 5.41) is 4.72. The average molecular weight is 433 g/mol. The second-order valence-corrected chi connectivity index (χ2v) is 7.67. The van der Waals surface area contributed by atoms with E-state index >= 15 is 0 Å². The Kier molecular flexibility index (Phi) is 5.80. The van der Waals surface area contributed by atoms with Crippen molar-refractivity contribution in [1.29, 1.82) is 0 Å². The molecule has 0 bridgehead atoms. The number of rotatable bonds is 3. The van der Waals surface area contributed by atoms with Crippen LogP contribution in [0, 0.1) is 6.92 Å². The number of halogens is 2. The lowest BCUT2D eigenvalue weighted by molar-refractivity contribution is 0.0671. The number of aryl methyl sites for hydroxylation is 1. The van der Waals surface area contributed by atoms with E-state index in [0.717, 1.165) is 16.9 Å². The minimum absolute atomic E-state index is 0.209. The molecule has 4 rings (SSSR count). The highest BCUT2D eigenvalue weighted by Gasteiger charge is 2.32. The Labute approximate surface area is 179 Å². The van der Waals surface area contributed by atoms with Gasteiger partial charge in [-0.2, -0.15) is 4.99 Å². The van der Waals surface area contributed by atoms with Gasteiger partial charge in [0.05, 0.1) is 13.2 Å². The molecule has 0 aromatic heterocycles. The second-order valence-electron chi connectivity index (χ2n) is 6.83. The minimum atomic E-state index is -0.511. The number of nitrogens with one attached hydrogen (secondary N) is 1. The topological polar surface area (TPSA) is 78.5 Å². The summed E-state index contributed by atoms with van der Waals surface area (Å²) in [4.78, 5) is 13.2. The van der Waals surface area contributed by atoms with Gasteiger partial charge in [0.2, 0.25) is 18.2 Å². The maximum atomic E-state index is 6.31. The van der Waals surface area contributed by atoms with Crippen molar-refractivity contribution in [3.63, 3.8) is 0 Å². The van der Waals surface area contributed by atoms with E-state index in [-0.39, 0.29) is 5.96 Å². The van der Waals surface area contributed by atoms with Crippen LogP contribution in [0.5, 0.6) is 0 Å². The Balaban J connectivity index is 1.73. The summed E-state index contributed by atoms with van der Waals surface area (Å²) in [5.74, 6) is 0.916. The van der Waals surface area contributed by atoms with Gasteiger partial charge in [-0.15, -0.1) is 0 Å². The molecule has 0 spiro atoms. The van der Waals surface area contributed by atoms with E-state index in [9.17, 15) is 0 Å². The fourth-order valence-electron chi connectivity index (χ4n) is 3.28. The zero-order chi connectivity index (χ0) is 20.4. The van der Waals surface area contributed by atoms with Crippen LogP contribution in [0.3, 0.4) is 0 Å². The van der Waals surface area contributed by atoms with Gasteiger partial charge in [0.25, 0.3) is 0 Å². The molecule has 29 heavy (non-hydrogen) atoms. The summed E-state index contributed by atoms with van der Waals surface area (Å²) in [6.07, 6.45) is -0.511. The second kappa shape index (κ2) is 8.49. The molecule has 1 unspecified atom stereocenters. The summed E-state index contributed by atoms with van der Waals surface area (Å²) in [6.45, 7) is 4.65. The largest absolute Gasteiger partial charge is 0.378 e. The van der Waals surface area contributed by atoms with Crippen molar-refractivity contribution in [2.24, 2.45) is 15.7 Å². The SMILES string of the molecule is Cc1ccc(NC2N=C(N)N=C(N3CCOCC3)N2c2cccc(Cl)c2)cc1Cl. The first-order valence-corrected chi connectivity index (χ1v) is 10.1. The van der Waals surface area contributed by atoms with Crippen LogP contribution < -0.4 is 16.0 Å². The number of hydrogen-bond acceptors (Lipinski definition) is 7. The van der Waals surface area contributed by atoms with E-state index in [1.165, 1.54) is 0 Å². The summed E-state index contributed by atoms with van der Waals surface area (Å²) in [7, 11) is 0. The van der Waals surface area contributed by atoms with Crippen LogP contribution in [-0.2, 0) is 4.74 Å². The first-order valence-electron chi connectivity index (χ1n) is 9.33. The quantitative estimate of drug-likeness (QED) is 0.775. The predicted octanol–water partition coefficient (Wildman–Crippen LogP) is 3.52. The third-order valence-corrected chi connectivity index (χ3v) is 5.42. The maximum absolute atomic E-state index is 6.31. The van der Waals surface area contributed by atoms with Crippen LogP contribution in [0.15, 0.2) is 52.4 Å². The van der Waals surface area contributed by atoms with Crippen molar-refractivity contribution in [3.05, 3.63) is 58.1 Å². The highest BCUT2D eigenvalue weighted by molar-refractivity contribution is 6.31. The molecule has 7 nitrogen and oxygen atoms in total. The van der Waals surface area contributed by atoms with Gasteiger partial charge in [0, 0.05) is 34.5 Å². The molecule has 0 radical (unpaired) electrons. The fourth-order valence-corrected chi connectivity index (χ4v) is 3.64. The van der Waals surface area contributed by atoms with Gasteiger partial charge < -0.3 is 20.7 Å². The Bertz CT molecular complexity index is 958. The van der Waals surface area contributed by atoms with Gasteiger partial charge in [-0.1, -0.05) is 35.3 Å². The third kappa shape index (κ3) is 4.42. The molecular formula is C20H22Cl2N6O. The van der Waals surface area contributed by atoms with Crippen LogP contribution in [0.1, 0.15) is 5.56 Å². The van der Waals surface area contributed by atoms with E-state index in [1.54, 1.807) is 0 Å². The first kappa shape index (κ1) is 19.8. The molecule has 0 saturated carbocycles. The molecule has 0 amide bonds. The molecule has 3 N–H and O–H groups in total. The van der Waals surface area contributed by atoms with Gasteiger partial charge in [-0.05, 0) is 42.8 Å². The molecule has 0 aliphatic carbocycles. The Morgan fingerprint density at radius 1 is 1.14 bits per heavy atom. The lowest BCUT2D eigenvalue weighted by Gasteiger charge is -2.41. The standard InChI is InChI=1S/C20H22Cl2N6O/c1-13-5-6-15(12-17(13)22)24-19-25-18(23)26-20(27-7-9-29-10-8-27)28(19)16-4-2-3-14(21)11-16/h2-6,11-12,19,24H,7-10H2,1H3,(H2,23,25). The zero-order valence-electron chi connectivity index (χ0n) is 16.0. The summed E-state index contributed by atoms with van der Waals surface area (Å²) < 4.78 is 5.50. The number of hydrogen-bond donors (Lipinski definition) is 2. The number of benzene rings is 2. The molecule has 1 fully saturated rings. The van der Waals surface area contributed by atoms with Gasteiger partial charge in [-0.3, -0.25) is 4.90 Å². The normalized spacial score (nSPS) is 19.6. The van der Waals surface area contributed by atoms with E-state index < -0.39 is 6.29 Å². The maximum Gasteiger partial charge on any atom is 0.222 e. The van der Waals surface area contributed by atoms with Crippen molar-refractivity contribution >= 4 is 46.5 Å². The Hall–Kier alpha value is -2.48. The van der Waals surface area contributed by atoms with Gasteiger partial charge in [-0.25, -0.2) is 4.99 Å². The molecule has 2 aliphatic rings. The van der Waals surface area contributed by atoms with Gasteiger partial charge in [0.15, 0.2) is 0 Å². The molecule has 2 aromatic rings. The summed E-state index contributed by atoms with van der Waals surface area (Å²) in [6, 6.07) is 13.4. The monoisotopic (exact) mass is 432 g/mol. The predicted molar refractivity (Wildman–Crippen MR) is 119 cm³/mol. The van der Waals surface area contributed by atoms with Crippen LogP contribution in [0.25, 0.3) is 0 Å². The van der Waals surface area contributed by atoms with E-state index in [4.69, 9.17) is 33.7 Å². The molecular weight excluding hydrogens is 411 g/mol. The molecule has 2 heterocycles. The van der Waals surface area contributed by atoms with Crippen LogP contribution in [-0.4, -0.2) is 49.4 Å². The number of nitrogens with two attached hydrogens (primary N) is 1. The fraction of sp³-hybridized carbons (Fsp3) is 0.300. The van der Waals surface area contributed by atoms with E-state index in [0.29, 0.717) is 42.3 Å². The number of nitrogens with zero attached hydrogens (tertiary/aromatic N) is 4. The lowest BCUT2D eigenvalue weighted by Crippen LogP contribution is -2.57. The van der Waals surface area contributed by atoms with Crippen LogP contribution in [0.4, 0.5) is 11.4 Å². The zero-order valence-corrected chi connectivity index (χ0v) is 17.5. The highest BCUT2D eigenvalue weighted by Crippen LogP contribution is 2.28. The summed E-state index contributed by atoms with van der Waals surface area (Å²) >= 11 is 12.6. The summed E-state index contributed by atoms with van der Waals surface area (Å²) in [5.41, 5.74) is 8.78. The first-order chi connectivity index (χ1) is 14.0. The van der Waals surface area contributed by atoms with E-state index in [1.807, 2.05) is 54.3 Å². The van der Waals surface area contributed by atoms with Crippen molar-refractivity contribution in [2.45, 2.75) is 13.2 Å². The van der Waals surface area contributed by atoms with Gasteiger partial charge in [0.1, 0.15) is 0 Å². The molecule has 152 valence electrons. The van der Waals surface area contributed by atoms with Crippen LogP contribution in [0.2, 0.25) is 10.0 Å². The van der Waals surface area contributed by atoms with Crippen molar-refractivity contribution in [2.75, 3.05) is 36.5 Å². The molecule has 1 saturated heterocycles. The molecule has 1 atom stereocenters. The molecule has 2 aromatic carbocycles. The van der Waals surface area contributed by atoms with Crippen molar-refractivity contribution in [3.8, 4) is 0 Å². The third-order valence-electron chi connectivity index (χ3n) is 4.78. The number of ether oxygens (including phenoxy) is 1. The number of guanidine groups is 2. The lowest BCUT2D eigenvalue weighted by atomic mass is 10.2. The average Bonchev–Trinajstić information content (AvgIpc) is 2.71. The molecule has 2 aliphatic heterocycles. The van der Waals surface area contributed by atoms with Gasteiger partial charge >= 0.3 is 0 Å². The number of aliphatic imine (C=N–C) groups is 2. The smallest absolute Gasteiger partial charge is 0.222 e.